The maximum atomic E-state index is 12.9. The van der Waals surface area contributed by atoms with Gasteiger partial charge in [0.15, 0.2) is 0 Å². The standard InChI is InChI=1S/C26H35N7OS/c1-31(2)18-11-13-33(14-12-18)19-9-10-21(27-15-19)29-26-28-16-20-23(30-26)22(17-7-5-6-8-17)24(35-20)25(34)32(3)4/h9-10,15-18H,5-8,11-14H2,1-4H3,(H,27,28,29,30). The predicted octanol–water partition coefficient (Wildman–Crippen LogP) is 4.72. The third-order valence-corrected chi connectivity index (χ3v) is 8.50. The molecule has 5 rings (SSSR count). The highest BCUT2D eigenvalue weighted by Crippen LogP contribution is 2.43. The van der Waals surface area contributed by atoms with Crippen LogP contribution in [-0.4, -0.2) is 78.0 Å². The first-order chi connectivity index (χ1) is 16.9. The lowest BCUT2D eigenvalue weighted by molar-refractivity contribution is 0.0831. The molecule has 1 N–H and O–H groups in total. The van der Waals surface area contributed by atoms with Crippen LogP contribution in [0.1, 0.15) is 59.7 Å². The third-order valence-electron chi connectivity index (χ3n) is 7.38. The SMILES string of the molecule is CN(C)C(=O)c1sc2cnc(Nc3ccc(N4CCC(N(C)C)CC4)cn3)nc2c1C1CCCC1. The number of hydrogen-bond donors (Lipinski definition) is 1. The van der Waals surface area contributed by atoms with Crippen molar-refractivity contribution in [3.63, 3.8) is 0 Å². The van der Waals surface area contributed by atoms with Crippen molar-refractivity contribution >= 4 is 44.9 Å². The van der Waals surface area contributed by atoms with E-state index in [2.05, 4.69) is 45.2 Å². The number of fused-ring (bicyclic) bond motifs is 1. The van der Waals surface area contributed by atoms with Gasteiger partial charge in [-0.3, -0.25) is 4.79 Å². The van der Waals surface area contributed by atoms with Crippen molar-refractivity contribution in [1.29, 1.82) is 0 Å². The Kier molecular flexibility index (Phi) is 6.88. The summed E-state index contributed by atoms with van der Waals surface area (Å²) in [5.74, 6) is 1.68. The van der Waals surface area contributed by atoms with E-state index in [1.165, 1.54) is 37.0 Å². The minimum Gasteiger partial charge on any atom is -0.370 e. The average Bonchev–Trinajstić information content (AvgIpc) is 3.51. The molecule has 0 radical (unpaired) electrons. The summed E-state index contributed by atoms with van der Waals surface area (Å²) in [5, 5.41) is 3.28. The second-order valence-corrected chi connectivity index (χ2v) is 11.2. The van der Waals surface area contributed by atoms with Crippen molar-refractivity contribution in [2.75, 3.05) is 51.5 Å². The summed E-state index contributed by atoms with van der Waals surface area (Å²) < 4.78 is 0.965. The predicted molar refractivity (Wildman–Crippen MR) is 143 cm³/mol. The van der Waals surface area contributed by atoms with Crippen molar-refractivity contribution in [3.8, 4) is 0 Å². The summed E-state index contributed by atoms with van der Waals surface area (Å²) in [5.41, 5.74) is 3.17. The van der Waals surface area contributed by atoms with Gasteiger partial charge in [-0.05, 0) is 57.8 Å². The lowest BCUT2D eigenvalue weighted by Gasteiger charge is -2.36. The monoisotopic (exact) mass is 493 g/mol. The molecule has 186 valence electrons. The number of thiophene rings is 1. The number of carbonyl (C=O) groups excluding carboxylic acids is 1. The first-order valence-corrected chi connectivity index (χ1v) is 13.4. The summed E-state index contributed by atoms with van der Waals surface area (Å²) in [4.78, 5) is 34.2. The van der Waals surface area contributed by atoms with Crippen LogP contribution in [-0.2, 0) is 0 Å². The highest BCUT2D eigenvalue weighted by Gasteiger charge is 2.29. The molecule has 1 saturated carbocycles. The Morgan fingerprint density at radius 2 is 1.77 bits per heavy atom. The highest BCUT2D eigenvalue weighted by atomic mass is 32.1. The van der Waals surface area contributed by atoms with Crippen molar-refractivity contribution in [3.05, 3.63) is 35.0 Å². The van der Waals surface area contributed by atoms with E-state index in [0.29, 0.717) is 17.9 Å². The Morgan fingerprint density at radius 3 is 2.40 bits per heavy atom. The largest absolute Gasteiger partial charge is 0.370 e. The lowest BCUT2D eigenvalue weighted by Crippen LogP contribution is -2.42. The van der Waals surface area contributed by atoms with Crippen LogP contribution in [0, 0.1) is 0 Å². The fourth-order valence-corrected chi connectivity index (χ4v) is 6.55. The number of pyridine rings is 1. The number of hydrogen-bond acceptors (Lipinski definition) is 8. The van der Waals surface area contributed by atoms with Gasteiger partial charge in [-0.15, -0.1) is 11.3 Å². The molecule has 0 spiro atoms. The van der Waals surface area contributed by atoms with Gasteiger partial charge in [-0.2, -0.15) is 0 Å². The van der Waals surface area contributed by atoms with Crippen LogP contribution in [0.15, 0.2) is 24.5 Å². The topological polar surface area (TPSA) is 77.5 Å². The zero-order valence-electron chi connectivity index (χ0n) is 21.1. The number of nitrogens with one attached hydrogen (secondary N) is 1. The molecular weight excluding hydrogens is 458 g/mol. The van der Waals surface area contributed by atoms with Crippen molar-refractivity contribution in [2.24, 2.45) is 0 Å². The van der Waals surface area contributed by atoms with E-state index in [4.69, 9.17) is 4.98 Å². The Balaban J connectivity index is 1.36. The number of piperidine rings is 1. The van der Waals surface area contributed by atoms with Gasteiger partial charge in [0.2, 0.25) is 5.95 Å². The second kappa shape index (κ2) is 10.1. The highest BCUT2D eigenvalue weighted by molar-refractivity contribution is 7.21. The molecule has 1 amide bonds. The van der Waals surface area contributed by atoms with E-state index in [9.17, 15) is 4.79 Å². The third kappa shape index (κ3) is 4.97. The Labute approximate surface area is 211 Å². The van der Waals surface area contributed by atoms with Crippen LogP contribution in [0.4, 0.5) is 17.5 Å². The number of anilines is 3. The Bertz CT molecular complexity index is 1180. The van der Waals surface area contributed by atoms with Gasteiger partial charge in [0.25, 0.3) is 5.91 Å². The molecule has 1 saturated heterocycles. The number of rotatable bonds is 6. The second-order valence-electron chi connectivity index (χ2n) is 10.1. The van der Waals surface area contributed by atoms with E-state index in [-0.39, 0.29) is 5.91 Å². The molecule has 8 nitrogen and oxygen atoms in total. The van der Waals surface area contributed by atoms with E-state index in [1.54, 1.807) is 4.90 Å². The molecule has 0 aromatic carbocycles. The van der Waals surface area contributed by atoms with Crippen molar-refractivity contribution in [1.82, 2.24) is 24.8 Å². The van der Waals surface area contributed by atoms with E-state index >= 15 is 0 Å². The van der Waals surface area contributed by atoms with Gasteiger partial charge < -0.3 is 20.0 Å². The average molecular weight is 494 g/mol. The molecule has 0 unspecified atom stereocenters. The maximum Gasteiger partial charge on any atom is 0.263 e. The fraction of sp³-hybridized carbons (Fsp3) is 0.538. The lowest BCUT2D eigenvalue weighted by atomic mass is 9.96. The van der Waals surface area contributed by atoms with E-state index in [1.807, 2.05) is 32.6 Å². The first-order valence-electron chi connectivity index (χ1n) is 12.6. The zero-order valence-corrected chi connectivity index (χ0v) is 21.9. The molecule has 3 aromatic rings. The minimum absolute atomic E-state index is 0.0521. The van der Waals surface area contributed by atoms with Crippen LogP contribution in [0.25, 0.3) is 10.2 Å². The number of carbonyl (C=O) groups is 1. The summed E-state index contributed by atoms with van der Waals surface area (Å²) >= 11 is 1.51. The first kappa shape index (κ1) is 23.9. The summed E-state index contributed by atoms with van der Waals surface area (Å²) in [6.07, 6.45) is 10.7. The Morgan fingerprint density at radius 1 is 1.03 bits per heavy atom. The smallest absolute Gasteiger partial charge is 0.263 e. The summed E-state index contributed by atoms with van der Waals surface area (Å²) in [6.45, 7) is 2.10. The van der Waals surface area contributed by atoms with Gasteiger partial charge in [-0.25, -0.2) is 15.0 Å². The summed E-state index contributed by atoms with van der Waals surface area (Å²) in [7, 11) is 7.94. The molecule has 9 heteroatoms. The van der Waals surface area contributed by atoms with Crippen LogP contribution in [0.5, 0.6) is 0 Å². The normalized spacial score (nSPS) is 17.5. The molecule has 2 fully saturated rings. The molecule has 4 heterocycles. The van der Waals surface area contributed by atoms with Crippen LogP contribution >= 0.6 is 11.3 Å². The molecule has 35 heavy (non-hydrogen) atoms. The zero-order chi connectivity index (χ0) is 24.5. The van der Waals surface area contributed by atoms with Gasteiger partial charge in [0.1, 0.15) is 5.82 Å². The van der Waals surface area contributed by atoms with Crippen molar-refractivity contribution < 1.29 is 4.79 Å². The quantitative estimate of drug-likeness (QED) is 0.532. The number of amides is 1. The van der Waals surface area contributed by atoms with Crippen LogP contribution < -0.4 is 10.2 Å². The van der Waals surface area contributed by atoms with Crippen LogP contribution in [0.3, 0.4) is 0 Å². The van der Waals surface area contributed by atoms with Crippen LogP contribution in [0.2, 0.25) is 0 Å². The van der Waals surface area contributed by atoms with Gasteiger partial charge in [0, 0.05) is 38.8 Å². The Hall–Kier alpha value is -2.78. The van der Waals surface area contributed by atoms with Crippen molar-refractivity contribution in [2.45, 2.75) is 50.5 Å². The molecule has 0 bridgehead atoms. The van der Waals surface area contributed by atoms with Gasteiger partial charge in [0.05, 0.1) is 33.2 Å². The summed E-state index contributed by atoms with van der Waals surface area (Å²) in [6, 6.07) is 4.77. The minimum atomic E-state index is 0.0521. The van der Waals surface area contributed by atoms with E-state index in [0.717, 1.165) is 58.1 Å². The fourth-order valence-electron chi connectivity index (χ4n) is 5.33. The molecular formula is C26H35N7OS. The number of aromatic nitrogens is 3. The molecule has 2 aliphatic rings. The molecule has 0 atom stereocenters. The van der Waals surface area contributed by atoms with E-state index < -0.39 is 0 Å². The molecule has 1 aliphatic carbocycles. The van der Waals surface area contributed by atoms with Gasteiger partial charge in [-0.1, -0.05) is 12.8 Å². The maximum absolute atomic E-state index is 12.9. The molecule has 1 aliphatic heterocycles. The molecule has 3 aromatic heterocycles. The number of nitrogens with zero attached hydrogens (tertiary/aromatic N) is 6. The van der Waals surface area contributed by atoms with Gasteiger partial charge >= 0.3 is 0 Å².